The number of likely N-dealkylation sites (tertiary alicyclic amines) is 1. The van der Waals surface area contributed by atoms with Crippen molar-refractivity contribution in [3.8, 4) is 0 Å². The Kier molecular flexibility index (Phi) is 4.63. The van der Waals surface area contributed by atoms with Gasteiger partial charge in [-0.05, 0) is 89.1 Å². The molecule has 4 rings (SSSR count). The maximum Gasteiger partial charge on any atom is 0.0793 e. The molecule has 0 aromatic carbocycles. The maximum atomic E-state index is 4.61. The summed E-state index contributed by atoms with van der Waals surface area (Å²) in [5, 5.41) is 7.88. The molecule has 3 heterocycles. The highest BCUT2D eigenvalue weighted by Crippen LogP contribution is 2.40. The molecule has 2 aliphatic rings. The van der Waals surface area contributed by atoms with Gasteiger partial charge in [0.05, 0.1) is 11.7 Å². The summed E-state index contributed by atoms with van der Waals surface area (Å²) in [4.78, 5) is 7.14. The van der Waals surface area contributed by atoms with Crippen molar-refractivity contribution in [1.29, 1.82) is 0 Å². The van der Waals surface area contributed by atoms with Crippen LogP contribution in [0, 0.1) is 19.8 Å². The molecule has 4 nitrogen and oxygen atoms in total. The van der Waals surface area contributed by atoms with Crippen molar-refractivity contribution in [2.24, 2.45) is 5.92 Å². The van der Waals surface area contributed by atoms with E-state index in [-0.39, 0.29) is 0 Å². The Morgan fingerprint density at radius 3 is 2.64 bits per heavy atom. The molecule has 2 fully saturated rings. The van der Waals surface area contributed by atoms with E-state index < -0.39 is 0 Å². The van der Waals surface area contributed by atoms with E-state index in [0.717, 1.165) is 23.2 Å². The van der Waals surface area contributed by atoms with Gasteiger partial charge in [0.2, 0.25) is 0 Å². The number of hydrogen-bond donors (Lipinski definition) is 1. The number of rotatable bonds is 5. The highest BCUT2D eigenvalue weighted by Gasteiger charge is 2.29. The lowest BCUT2D eigenvalue weighted by Gasteiger charge is -2.36. The molecule has 134 valence electrons. The predicted molar refractivity (Wildman–Crippen MR) is 101 cm³/mol. The molecule has 0 spiro atoms. The fourth-order valence-corrected chi connectivity index (χ4v) is 4.35. The Morgan fingerprint density at radius 1 is 1.16 bits per heavy atom. The van der Waals surface area contributed by atoms with Crippen molar-refractivity contribution in [2.45, 2.75) is 64.8 Å². The van der Waals surface area contributed by atoms with Crippen LogP contribution in [0.5, 0.6) is 0 Å². The third kappa shape index (κ3) is 3.95. The molecular weight excluding hydrogens is 308 g/mol. The molecule has 4 heteroatoms. The van der Waals surface area contributed by atoms with Gasteiger partial charge in [0.15, 0.2) is 0 Å². The zero-order chi connectivity index (χ0) is 17.4. The van der Waals surface area contributed by atoms with E-state index in [2.05, 4.69) is 59.1 Å². The number of aromatic nitrogens is 3. The molecule has 1 saturated carbocycles. The topological polar surface area (TPSA) is 44.8 Å². The number of aromatic amines is 1. The maximum absolute atomic E-state index is 4.61. The highest BCUT2D eigenvalue weighted by molar-refractivity contribution is 5.21. The van der Waals surface area contributed by atoms with Crippen LogP contribution in [0.1, 0.15) is 72.9 Å². The minimum Gasteiger partial charge on any atom is -0.295 e. The monoisotopic (exact) mass is 338 g/mol. The molecule has 0 amide bonds. The summed E-state index contributed by atoms with van der Waals surface area (Å²) in [6.45, 7) is 8.88. The summed E-state index contributed by atoms with van der Waals surface area (Å²) < 4.78 is 0. The quantitative estimate of drug-likeness (QED) is 0.883. The smallest absolute Gasteiger partial charge is 0.0793 e. The molecule has 1 saturated heterocycles. The normalized spacial score (nSPS) is 22.9. The molecule has 1 unspecified atom stereocenters. The summed E-state index contributed by atoms with van der Waals surface area (Å²) >= 11 is 0. The Labute approximate surface area is 151 Å². The molecule has 0 bridgehead atoms. The average molecular weight is 338 g/mol. The molecule has 2 atom stereocenters. The van der Waals surface area contributed by atoms with Gasteiger partial charge in [0.25, 0.3) is 0 Å². The largest absolute Gasteiger partial charge is 0.295 e. The Morgan fingerprint density at radius 2 is 1.92 bits per heavy atom. The van der Waals surface area contributed by atoms with Gasteiger partial charge in [0, 0.05) is 29.5 Å². The van der Waals surface area contributed by atoms with E-state index >= 15 is 0 Å². The van der Waals surface area contributed by atoms with Crippen LogP contribution >= 0.6 is 0 Å². The van der Waals surface area contributed by atoms with E-state index in [1.807, 2.05) is 0 Å². The molecular formula is C21H30N4. The molecule has 1 aliphatic heterocycles. The number of nitrogens with one attached hydrogen (secondary N) is 1. The first-order chi connectivity index (χ1) is 12.1. The van der Waals surface area contributed by atoms with Crippen LogP contribution < -0.4 is 0 Å². The van der Waals surface area contributed by atoms with Crippen molar-refractivity contribution in [3.05, 3.63) is 46.5 Å². The number of piperidine rings is 1. The van der Waals surface area contributed by atoms with Gasteiger partial charge in [-0.25, -0.2) is 0 Å². The van der Waals surface area contributed by atoms with E-state index in [1.54, 1.807) is 0 Å². The lowest BCUT2D eigenvalue weighted by molar-refractivity contribution is 0.129. The fraction of sp³-hybridized carbons (Fsp3) is 0.619. The van der Waals surface area contributed by atoms with Crippen molar-refractivity contribution in [3.63, 3.8) is 0 Å². The Bertz CT molecular complexity index is 711. The lowest BCUT2D eigenvalue weighted by atomic mass is 9.90. The van der Waals surface area contributed by atoms with Gasteiger partial charge in [-0.2, -0.15) is 5.10 Å². The van der Waals surface area contributed by atoms with E-state index in [0.29, 0.717) is 6.04 Å². The van der Waals surface area contributed by atoms with E-state index in [1.165, 1.54) is 62.1 Å². The van der Waals surface area contributed by atoms with Crippen molar-refractivity contribution < 1.29 is 0 Å². The Hall–Kier alpha value is -1.68. The van der Waals surface area contributed by atoms with Crippen LogP contribution in [-0.4, -0.2) is 33.2 Å². The van der Waals surface area contributed by atoms with Crippen molar-refractivity contribution in [2.75, 3.05) is 13.1 Å². The summed E-state index contributed by atoms with van der Waals surface area (Å²) in [5.74, 6) is 1.49. The second kappa shape index (κ2) is 6.91. The molecule has 0 radical (unpaired) electrons. The predicted octanol–water partition coefficient (Wildman–Crippen LogP) is 4.31. The average Bonchev–Trinajstić information content (AvgIpc) is 3.31. The minimum atomic E-state index is 0.410. The number of H-pyrrole nitrogens is 1. The number of nitrogens with zero attached hydrogens (tertiary/aromatic N) is 3. The molecule has 25 heavy (non-hydrogen) atoms. The van der Waals surface area contributed by atoms with Gasteiger partial charge < -0.3 is 0 Å². The number of pyridine rings is 1. The third-order valence-corrected chi connectivity index (χ3v) is 5.83. The summed E-state index contributed by atoms with van der Waals surface area (Å²) in [5.41, 5.74) is 6.29. The van der Waals surface area contributed by atoms with Gasteiger partial charge in [-0.15, -0.1) is 0 Å². The van der Waals surface area contributed by atoms with Crippen LogP contribution in [0.2, 0.25) is 0 Å². The molecule has 2 aromatic heterocycles. The van der Waals surface area contributed by atoms with Crippen molar-refractivity contribution >= 4 is 0 Å². The second-order valence-electron chi connectivity index (χ2n) is 8.16. The van der Waals surface area contributed by atoms with E-state index in [4.69, 9.17) is 0 Å². The lowest BCUT2D eigenvalue weighted by Crippen LogP contribution is -2.38. The van der Waals surface area contributed by atoms with Gasteiger partial charge >= 0.3 is 0 Å². The standard InChI is InChI=1S/C21H30N4/c1-14-9-18(10-15(2)22-14)11-17-5-4-8-25(13-17)16(3)20-12-21(24-23-20)19-6-7-19/h9-10,12,16-17,19H,4-8,11,13H2,1-3H3,(H,23,24)/t16?,17-/m1/s1. The van der Waals surface area contributed by atoms with Crippen LogP contribution in [0.3, 0.4) is 0 Å². The molecule has 2 aromatic rings. The van der Waals surface area contributed by atoms with Gasteiger partial charge in [0.1, 0.15) is 0 Å². The number of aryl methyl sites for hydroxylation is 2. The Balaban J connectivity index is 1.41. The van der Waals surface area contributed by atoms with Crippen LogP contribution in [0.25, 0.3) is 0 Å². The highest BCUT2D eigenvalue weighted by atomic mass is 15.2. The first-order valence-corrected chi connectivity index (χ1v) is 9.82. The zero-order valence-corrected chi connectivity index (χ0v) is 15.8. The van der Waals surface area contributed by atoms with Crippen LogP contribution in [-0.2, 0) is 6.42 Å². The first kappa shape index (κ1) is 16.8. The summed E-state index contributed by atoms with van der Waals surface area (Å²) in [6, 6.07) is 7.23. The number of hydrogen-bond acceptors (Lipinski definition) is 3. The second-order valence-corrected chi connectivity index (χ2v) is 8.16. The molecule has 1 aliphatic carbocycles. The van der Waals surface area contributed by atoms with E-state index in [9.17, 15) is 0 Å². The zero-order valence-electron chi connectivity index (χ0n) is 15.8. The van der Waals surface area contributed by atoms with Gasteiger partial charge in [-0.1, -0.05) is 0 Å². The van der Waals surface area contributed by atoms with Crippen LogP contribution in [0.4, 0.5) is 0 Å². The minimum absolute atomic E-state index is 0.410. The van der Waals surface area contributed by atoms with Gasteiger partial charge in [-0.3, -0.25) is 15.0 Å². The first-order valence-electron chi connectivity index (χ1n) is 9.82. The summed E-state index contributed by atoms with van der Waals surface area (Å²) in [7, 11) is 0. The summed E-state index contributed by atoms with van der Waals surface area (Å²) in [6.07, 6.45) is 6.44. The molecule has 1 N–H and O–H groups in total. The fourth-order valence-electron chi connectivity index (χ4n) is 4.35. The van der Waals surface area contributed by atoms with Crippen LogP contribution in [0.15, 0.2) is 18.2 Å². The SMILES string of the molecule is Cc1cc(C[C@H]2CCCN(C(C)c3cc(C4CC4)[nH]n3)C2)cc(C)n1. The van der Waals surface area contributed by atoms with Crippen molar-refractivity contribution in [1.82, 2.24) is 20.1 Å². The third-order valence-electron chi connectivity index (χ3n) is 5.83.